The summed E-state index contributed by atoms with van der Waals surface area (Å²) in [5.74, 6) is 0. The zero-order valence-electron chi connectivity index (χ0n) is 18.2. The van der Waals surface area contributed by atoms with Gasteiger partial charge in [-0.1, -0.05) is 12.1 Å². The molecular formula is C25H23F3N4O2. The van der Waals surface area contributed by atoms with E-state index in [1.165, 1.54) is 22.8 Å². The third-order valence-corrected chi connectivity index (χ3v) is 6.24. The normalized spacial score (nSPS) is 17.0. The Morgan fingerprint density at radius 3 is 2.47 bits per heavy atom. The van der Waals surface area contributed by atoms with Gasteiger partial charge in [0.25, 0.3) is 5.56 Å². The van der Waals surface area contributed by atoms with Gasteiger partial charge in [-0.25, -0.2) is 0 Å². The summed E-state index contributed by atoms with van der Waals surface area (Å²) >= 11 is 0. The van der Waals surface area contributed by atoms with Crippen LogP contribution < -0.4 is 5.56 Å². The van der Waals surface area contributed by atoms with E-state index in [1.54, 1.807) is 18.5 Å². The Bertz CT molecular complexity index is 1380. The predicted molar refractivity (Wildman–Crippen MR) is 123 cm³/mol. The van der Waals surface area contributed by atoms with Crippen LogP contribution in [0, 0.1) is 0 Å². The molecule has 0 bridgehead atoms. The van der Waals surface area contributed by atoms with Crippen LogP contribution >= 0.6 is 0 Å². The van der Waals surface area contributed by atoms with Crippen LogP contribution in [0.3, 0.4) is 0 Å². The third-order valence-electron chi connectivity index (χ3n) is 6.24. The molecule has 1 fully saturated rings. The fraction of sp³-hybridized carbons (Fsp3) is 0.280. The van der Waals surface area contributed by atoms with E-state index in [9.17, 15) is 23.1 Å². The van der Waals surface area contributed by atoms with E-state index >= 15 is 0 Å². The fourth-order valence-corrected chi connectivity index (χ4v) is 4.38. The van der Waals surface area contributed by atoms with Crippen LogP contribution in [0.15, 0.2) is 71.8 Å². The van der Waals surface area contributed by atoms with Gasteiger partial charge >= 0.3 is 6.18 Å². The fourth-order valence-electron chi connectivity index (χ4n) is 4.38. The Labute approximate surface area is 193 Å². The molecule has 1 aliphatic heterocycles. The summed E-state index contributed by atoms with van der Waals surface area (Å²) in [6.45, 7) is 3.09. The molecule has 176 valence electrons. The number of aliphatic hydroxyl groups is 1. The Morgan fingerprint density at radius 2 is 1.79 bits per heavy atom. The standard InChI is InChI=1S/C25H23F3N4O2/c26-25(27,28)20-3-1-17(2-4-20)18-7-10-31(24(34)14-18)21-5-6-23-19(13-21)15-29-32(23)12-11-30-9-8-22(33)16-30/h1-7,10,13-15,22,33H,8-9,11-12,16H2. The van der Waals surface area contributed by atoms with E-state index in [0.717, 1.165) is 42.5 Å². The second-order valence-electron chi connectivity index (χ2n) is 8.55. The lowest BCUT2D eigenvalue weighted by Gasteiger charge is -2.15. The number of nitrogens with zero attached hydrogens (tertiary/aromatic N) is 4. The minimum Gasteiger partial charge on any atom is -0.392 e. The average molecular weight is 468 g/mol. The number of benzene rings is 2. The van der Waals surface area contributed by atoms with E-state index in [2.05, 4.69) is 10.00 Å². The van der Waals surface area contributed by atoms with E-state index in [4.69, 9.17) is 0 Å². The van der Waals surface area contributed by atoms with Crippen molar-refractivity contribution in [3.05, 3.63) is 82.9 Å². The maximum absolute atomic E-state index is 12.8. The topological polar surface area (TPSA) is 63.3 Å². The zero-order valence-corrected chi connectivity index (χ0v) is 18.2. The van der Waals surface area contributed by atoms with Crippen molar-refractivity contribution in [3.63, 3.8) is 0 Å². The lowest BCUT2D eigenvalue weighted by Crippen LogP contribution is -2.26. The summed E-state index contributed by atoms with van der Waals surface area (Å²) in [4.78, 5) is 15.0. The van der Waals surface area contributed by atoms with E-state index < -0.39 is 11.7 Å². The van der Waals surface area contributed by atoms with Crippen molar-refractivity contribution in [1.29, 1.82) is 0 Å². The van der Waals surface area contributed by atoms with Crippen molar-refractivity contribution < 1.29 is 18.3 Å². The Morgan fingerprint density at radius 1 is 1.00 bits per heavy atom. The summed E-state index contributed by atoms with van der Waals surface area (Å²) in [6, 6.07) is 13.5. The van der Waals surface area contributed by atoms with Gasteiger partial charge in [0.2, 0.25) is 0 Å². The summed E-state index contributed by atoms with van der Waals surface area (Å²) in [6.07, 6.45) is -0.458. The number of β-amino-alcohol motifs (C(OH)–C–C–N with tert-alkyl or cyclic N) is 1. The van der Waals surface area contributed by atoms with Crippen molar-refractivity contribution in [3.8, 4) is 16.8 Å². The molecule has 0 aliphatic carbocycles. The van der Waals surface area contributed by atoms with Crippen molar-refractivity contribution in [1.82, 2.24) is 19.2 Å². The zero-order chi connectivity index (χ0) is 23.9. The van der Waals surface area contributed by atoms with Crippen molar-refractivity contribution in [2.24, 2.45) is 0 Å². The first-order chi connectivity index (χ1) is 16.3. The van der Waals surface area contributed by atoms with Crippen LogP contribution in [0.4, 0.5) is 13.2 Å². The summed E-state index contributed by atoms with van der Waals surface area (Å²) < 4.78 is 41.8. The number of likely N-dealkylation sites (tertiary alicyclic amines) is 1. The molecule has 0 radical (unpaired) electrons. The molecule has 1 atom stereocenters. The lowest BCUT2D eigenvalue weighted by molar-refractivity contribution is -0.137. The summed E-state index contributed by atoms with van der Waals surface area (Å²) in [5, 5.41) is 15.1. The van der Waals surface area contributed by atoms with Crippen LogP contribution in [-0.4, -0.2) is 50.1 Å². The number of alkyl halides is 3. The predicted octanol–water partition coefficient (Wildman–Crippen LogP) is 3.94. The molecule has 1 N–H and O–H groups in total. The largest absolute Gasteiger partial charge is 0.416 e. The maximum Gasteiger partial charge on any atom is 0.416 e. The molecule has 0 spiro atoms. The smallest absolute Gasteiger partial charge is 0.392 e. The van der Waals surface area contributed by atoms with Crippen molar-refractivity contribution in [2.75, 3.05) is 19.6 Å². The second kappa shape index (κ2) is 8.73. The van der Waals surface area contributed by atoms with Gasteiger partial charge in [-0.3, -0.25) is 18.9 Å². The number of pyridine rings is 1. The quantitative estimate of drug-likeness (QED) is 0.482. The van der Waals surface area contributed by atoms with Gasteiger partial charge in [0.15, 0.2) is 0 Å². The Hall–Kier alpha value is -3.43. The highest BCUT2D eigenvalue weighted by Gasteiger charge is 2.30. The van der Waals surface area contributed by atoms with E-state index in [-0.39, 0.29) is 11.7 Å². The first-order valence-electron chi connectivity index (χ1n) is 11.0. The highest BCUT2D eigenvalue weighted by molar-refractivity contribution is 5.81. The average Bonchev–Trinajstić information content (AvgIpc) is 3.42. The molecule has 4 aromatic rings. The number of hydrogen-bond acceptors (Lipinski definition) is 4. The number of aliphatic hydroxyl groups excluding tert-OH is 1. The van der Waals surface area contributed by atoms with Crippen LogP contribution in [0.1, 0.15) is 12.0 Å². The van der Waals surface area contributed by atoms with Gasteiger partial charge in [0.1, 0.15) is 0 Å². The maximum atomic E-state index is 12.8. The molecule has 1 unspecified atom stereocenters. The van der Waals surface area contributed by atoms with Gasteiger partial charge in [0.05, 0.1) is 29.9 Å². The van der Waals surface area contributed by atoms with Crippen LogP contribution in [0.5, 0.6) is 0 Å². The number of rotatable bonds is 5. The molecule has 6 nitrogen and oxygen atoms in total. The van der Waals surface area contributed by atoms with Gasteiger partial charge in [-0.2, -0.15) is 18.3 Å². The van der Waals surface area contributed by atoms with Crippen LogP contribution in [0.25, 0.3) is 27.7 Å². The highest BCUT2D eigenvalue weighted by atomic mass is 19.4. The molecule has 1 aliphatic rings. The van der Waals surface area contributed by atoms with Gasteiger partial charge in [-0.05, 0) is 53.9 Å². The molecule has 0 amide bonds. The third kappa shape index (κ3) is 4.49. The first-order valence-corrected chi connectivity index (χ1v) is 11.0. The lowest BCUT2D eigenvalue weighted by atomic mass is 10.0. The second-order valence-corrected chi connectivity index (χ2v) is 8.55. The van der Waals surface area contributed by atoms with Crippen LogP contribution in [-0.2, 0) is 12.7 Å². The molecule has 3 heterocycles. The Balaban J connectivity index is 1.35. The number of aromatic nitrogens is 3. The van der Waals surface area contributed by atoms with Crippen LogP contribution in [0.2, 0.25) is 0 Å². The van der Waals surface area contributed by atoms with E-state index in [1.807, 2.05) is 22.9 Å². The highest BCUT2D eigenvalue weighted by Crippen LogP contribution is 2.30. The SMILES string of the molecule is O=c1cc(-c2ccc(C(F)(F)F)cc2)ccn1-c1ccc2c(cnn2CCN2CCC(O)C2)c1. The molecule has 2 aromatic carbocycles. The molecule has 1 saturated heterocycles. The minimum absolute atomic E-state index is 0.249. The van der Waals surface area contributed by atoms with Gasteiger partial charge < -0.3 is 5.11 Å². The molecule has 34 heavy (non-hydrogen) atoms. The molecule has 2 aromatic heterocycles. The van der Waals surface area contributed by atoms with Gasteiger partial charge in [-0.15, -0.1) is 0 Å². The molecule has 0 saturated carbocycles. The van der Waals surface area contributed by atoms with Gasteiger partial charge in [0, 0.05) is 43.0 Å². The van der Waals surface area contributed by atoms with E-state index in [0.29, 0.717) is 29.9 Å². The van der Waals surface area contributed by atoms with Crippen molar-refractivity contribution in [2.45, 2.75) is 25.2 Å². The summed E-state index contributed by atoms with van der Waals surface area (Å²) in [7, 11) is 0. The number of fused-ring (bicyclic) bond motifs is 1. The molecule has 5 rings (SSSR count). The monoisotopic (exact) mass is 468 g/mol. The number of halogens is 3. The Kier molecular flexibility index (Phi) is 5.75. The van der Waals surface area contributed by atoms with Crippen molar-refractivity contribution >= 4 is 10.9 Å². The molecular weight excluding hydrogens is 445 g/mol. The minimum atomic E-state index is -4.40. The first kappa shape index (κ1) is 22.4. The molecule has 9 heteroatoms. The summed E-state index contributed by atoms with van der Waals surface area (Å²) in [5.41, 5.74) is 1.72. The number of hydrogen-bond donors (Lipinski definition) is 1.